The van der Waals surface area contributed by atoms with Gasteiger partial charge in [-0.05, 0) is 43.6 Å². The van der Waals surface area contributed by atoms with E-state index >= 15 is 0 Å². The zero-order chi connectivity index (χ0) is 13.5. The van der Waals surface area contributed by atoms with Gasteiger partial charge in [0.25, 0.3) is 0 Å². The van der Waals surface area contributed by atoms with Crippen molar-refractivity contribution in [1.29, 1.82) is 0 Å². The van der Waals surface area contributed by atoms with Crippen molar-refractivity contribution >= 4 is 0 Å². The fraction of sp³-hybridized carbons (Fsp3) is 0.571. The zero-order valence-electron chi connectivity index (χ0n) is 11.0. The van der Waals surface area contributed by atoms with Crippen molar-refractivity contribution in [3.63, 3.8) is 0 Å². The number of aliphatic hydroxyl groups excluding tert-OH is 1. The molecule has 1 atom stereocenters. The van der Waals surface area contributed by atoms with Gasteiger partial charge in [0.1, 0.15) is 11.6 Å². The number of aliphatic hydroxyl groups is 1. The van der Waals surface area contributed by atoms with Crippen LogP contribution in [0.2, 0.25) is 0 Å². The Balaban J connectivity index is 2.56. The lowest BCUT2D eigenvalue weighted by atomic mass is 10.1. The van der Waals surface area contributed by atoms with Gasteiger partial charge in [0.2, 0.25) is 0 Å². The number of nitrogens with zero attached hydrogens (tertiary/aromatic N) is 1. The summed E-state index contributed by atoms with van der Waals surface area (Å²) in [5.74, 6) is -1.30. The molecule has 1 aromatic carbocycles. The minimum atomic E-state index is -0.818. The molecular formula is C14H21F2NO. The Bertz CT molecular complexity index is 351. The maximum Gasteiger partial charge on any atom is 0.126 e. The van der Waals surface area contributed by atoms with E-state index in [0.717, 1.165) is 32.1 Å². The molecule has 0 bridgehead atoms. The molecule has 18 heavy (non-hydrogen) atoms. The van der Waals surface area contributed by atoms with Gasteiger partial charge in [0, 0.05) is 12.6 Å². The van der Waals surface area contributed by atoms with Crippen LogP contribution in [0.4, 0.5) is 8.78 Å². The zero-order valence-corrected chi connectivity index (χ0v) is 11.0. The largest absolute Gasteiger partial charge is 0.388 e. The molecule has 0 aromatic heterocycles. The summed E-state index contributed by atoms with van der Waals surface area (Å²) in [5.41, 5.74) is 0.306. The van der Waals surface area contributed by atoms with Gasteiger partial charge in [-0.25, -0.2) is 8.78 Å². The van der Waals surface area contributed by atoms with Crippen molar-refractivity contribution in [2.75, 3.05) is 19.6 Å². The first kappa shape index (κ1) is 15.1. The second-order valence-corrected chi connectivity index (χ2v) is 4.44. The van der Waals surface area contributed by atoms with Crippen LogP contribution in [0.3, 0.4) is 0 Å². The lowest BCUT2D eigenvalue weighted by Gasteiger charge is -2.21. The normalized spacial score (nSPS) is 13.0. The summed E-state index contributed by atoms with van der Waals surface area (Å²) in [4.78, 5) is 2.21. The van der Waals surface area contributed by atoms with E-state index in [9.17, 15) is 13.9 Å². The monoisotopic (exact) mass is 257 g/mol. The second kappa shape index (κ2) is 7.44. The van der Waals surface area contributed by atoms with Crippen LogP contribution >= 0.6 is 0 Å². The molecule has 0 aliphatic rings. The van der Waals surface area contributed by atoms with E-state index in [2.05, 4.69) is 18.7 Å². The number of halogens is 2. The maximum absolute atomic E-state index is 13.0. The van der Waals surface area contributed by atoms with Gasteiger partial charge in [-0.3, -0.25) is 0 Å². The predicted molar refractivity (Wildman–Crippen MR) is 68.3 cm³/mol. The smallest absolute Gasteiger partial charge is 0.126 e. The molecule has 0 heterocycles. The summed E-state index contributed by atoms with van der Waals surface area (Å²) >= 11 is 0. The van der Waals surface area contributed by atoms with E-state index in [4.69, 9.17) is 0 Å². The minimum absolute atomic E-state index is 0.306. The van der Waals surface area contributed by atoms with Crippen LogP contribution in [0.25, 0.3) is 0 Å². The lowest BCUT2D eigenvalue weighted by molar-refractivity contribution is 0.143. The fourth-order valence-electron chi connectivity index (χ4n) is 1.98. The molecule has 1 unspecified atom stereocenters. The first-order valence-electron chi connectivity index (χ1n) is 6.43. The van der Waals surface area contributed by atoms with Crippen LogP contribution in [0.15, 0.2) is 18.2 Å². The summed E-state index contributed by atoms with van der Waals surface area (Å²) in [6, 6.07) is 3.18. The second-order valence-electron chi connectivity index (χ2n) is 4.44. The molecule has 102 valence electrons. The third-order valence-electron chi connectivity index (χ3n) is 2.98. The van der Waals surface area contributed by atoms with Crippen molar-refractivity contribution in [2.24, 2.45) is 0 Å². The Morgan fingerprint density at radius 3 is 2.22 bits per heavy atom. The molecule has 0 aliphatic heterocycles. The van der Waals surface area contributed by atoms with Crippen molar-refractivity contribution in [2.45, 2.75) is 32.8 Å². The number of hydrogen-bond donors (Lipinski definition) is 1. The van der Waals surface area contributed by atoms with Gasteiger partial charge < -0.3 is 10.0 Å². The van der Waals surface area contributed by atoms with Crippen LogP contribution in [0.5, 0.6) is 0 Å². The molecule has 0 amide bonds. The van der Waals surface area contributed by atoms with Crippen molar-refractivity contribution in [3.8, 4) is 0 Å². The van der Waals surface area contributed by atoms with Gasteiger partial charge in [0.15, 0.2) is 0 Å². The molecule has 0 saturated heterocycles. The molecule has 1 rings (SSSR count). The molecular weight excluding hydrogens is 236 g/mol. The Morgan fingerprint density at radius 2 is 1.72 bits per heavy atom. The summed E-state index contributed by atoms with van der Waals surface area (Å²) in [6.07, 6.45) is 0.719. The summed E-state index contributed by atoms with van der Waals surface area (Å²) in [5, 5.41) is 9.92. The Kier molecular flexibility index (Phi) is 6.22. The molecule has 0 saturated carbocycles. The van der Waals surface area contributed by atoms with Crippen LogP contribution in [0, 0.1) is 11.6 Å². The van der Waals surface area contributed by atoms with Crippen molar-refractivity contribution in [1.82, 2.24) is 4.90 Å². The van der Waals surface area contributed by atoms with E-state index in [1.54, 1.807) is 0 Å². The fourth-order valence-corrected chi connectivity index (χ4v) is 1.98. The summed E-state index contributed by atoms with van der Waals surface area (Å²) in [6.45, 7) is 6.77. The molecule has 0 radical (unpaired) electrons. The van der Waals surface area contributed by atoms with Gasteiger partial charge in [-0.15, -0.1) is 0 Å². The third-order valence-corrected chi connectivity index (χ3v) is 2.98. The average molecular weight is 257 g/mol. The minimum Gasteiger partial charge on any atom is -0.388 e. The van der Waals surface area contributed by atoms with E-state index in [0.29, 0.717) is 12.0 Å². The topological polar surface area (TPSA) is 23.5 Å². The molecule has 2 nitrogen and oxygen atoms in total. The van der Waals surface area contributed by atoms with Gasteiger partial charge in [0.05, 0.1) is 6.10 Å². The molecule has 1 aromatic rings. The summed E-state index contributed by atoms with van der Waals surface area (Å²) in [7, 11) is 0. The third kappa shape index (κ3) is 4.70. The molecule has 0 spiro atoms. The first-order chi connectivity index (χ1) is 8.56. The van der Waals surface area contributed by atoms with Crippen molar-refractivity contribution in [3.05, 3.63) is 35.4 Å². The van der Waals surface area contributed by atoms with E-state index in [-0.39, 0.29) is 0 Å². The van der Waals surface area contributed by atoms with Gasteiger partial charge in [-0.1, -0.05) is 13.8 Å². The van der Waals surface area contributed by atoms with Gasteiger partial charge >= 0.3 is 0 Å². The highest BCUT2D eigenvalue weighted by Gasteiger charge is 2.12. The van der Waals surface area contributed by atoms with Crippen LogP contribution < -0.4 is 0 Å². The van der Waals surface area contributed by atoms with Crippen LogP contribution in [0.1, 0.15) is 38.4 Å². The lowest BCUT2D eigenvalue weighted by Crippen LogP contribution is -2.26. The van der Waals surface area contributed by atoms with Crippen molar-refractivity contribution < 1.29 is 13.9 Å². The summed E-state index contributed by atoms with van der Waals surface area (Å²) < 4.78 is 26.0. The van der Waals surface area contributed by atoms with E-state index < -0.39 is 17.7 Å². The van der Waals surface area contributed by atoms with E-state index in [1.807, 2.05) is 0 Å². The quantitative estimate of drug-likeness (QED) is 0.811. The highest BCUT2D eigenvalue weighted by Crippen LogP contribution is 2.19. The maximum atomic E-state index is 13.0. The standard InChI is InChI=1S/C14H21F2NO/c1-3-6-17(4-2)7-5-14(18)11-8-12(15)10-13(16)9-11/h8-10,14,18H,3-7H2,1-2H3. The molecule has 0 fully saturated rings. The van der Waals surface area contributed by atoms with E-state index in [1.165, 1.54) is 12.1 Å². The highest BCUT2D eigenvalue weighted by molar-refractivity contribution is 5.20. The molecule has 0 aliphatic carbocycles. The Morgan fingerprint density at radius 1 is 1.11 bits per heavy atom. The van der Waals surface area contributed by atoms with Crippen LogP contribution in [-0.2, 0) is 0 Å². The molecule has 1 N–H and O–H groups in total. The SMILES string of the molecule is CCCN(CC)CCC(O)c1cc(F)cc(F)c1. The Hall–Kier alpha value is -1.00. The number of rotatable bonds is 7. The van der Waals surface area contributed by atoms with Gasteiger partial charge in [-0.2, -0.15) is 0 Å². The first-order valence-corrected chi connectivity index (χ1v) is 6.43. The number of hydrogen-bond acceptors (Lipinski definition) is 2. The Labute approximate surface area is 107 Å². The number of benzene rings is 1. The highest BCUT2D eigenvalue weighted by atomic mass is 19.1. The predicted octanol–water partition coefficient (Wildman–Crippen LogP) is 3.12. The van der Waals surface area contributed by atoms with Crippen LogP contribution in [-0.4, -0.2) is 29.6 Å². The average Bonchev–Trinajstić information content (AvgIpc) is 2.32. The molecule has 4 heteroatoms.